The van der Waals surface area contributed by atoms with Gasteiger partial charge in [-0.3, -0.25) is 4.90 Å². The van der Waals surface area contributed by atoms with Crippen molar-refractivity contribution in [2.45, 2.75) is 13.3 Å². The van der Waals surface area contributed by atoms with E-state index in [2.05, 4.69) is 20.0 Å². The Morgan fingerprint density at radius 2 is 1.88 bits per heavy atom. The summed E-state index contributed by atoms with van der Waals surface area (Å²) in [4.78, 5) is 13.4. The van der Waals surface area contributed by atoms with Crippen LogP contribution >= 0.6 is 0 Å². The number of aromatic nitrogens is 4. The fourth-order valence-corrected chi connectivity index (χ4v) is 4.14. The number of fused-ring (bicyclic) bond motifs is 1. The van der Waals surface area contributed by atoms with Gasteiger partial charge in [-0.15, -0.1) is 5.10 Å². The summed E-state index contributed by atoms with van der Waals surface area (Å²) in [5.41, 5.74) is 8.99. The van der Waals surface area contributed by atoms with Crippen LogP contribution in [0.3, 0.4) is 0 Å². The highest BCUT2D eigenvalue weighted by Crippen LogP contribution is 2.24. The van der Waals surface area contributed by atoms with Crippen molar-refractivity contribution in [3.05, 3.63) is 59.5 Å². The summed E-state index contributed by atoms with van der Waals surface area (Å²) in [6.45, 7) is 5.61. The summed E-state index contributed by atoms with van der Waals surface area (Å²) in [5, 5.41) is 4.45. The number of piperazine rings is 1. The maximum absolute atomic E-state index is 14.1. The molecule has 33 heavy (non-hydrogen) atoms. The van der Waals surface area contributed by atoms with Crippen LogP contribution in [0, 0.1) is 18.6 Å². The van der Waals surface area contributed by atoms with Gasteiger partial charge >= 0.3 is 0 Å². The second kappa shape index (κ2) is 9.12. The maximum Gasteiger partial charge on any atom is 0.223 e. The van der Waals surface area contributed by atoms with Gasteiger partial charge in [-0.25, -0.2) is 18.7 Å². The van der Waals surface area contributed by atoms with E-state index in [0.29, 0.717) is 36.0 Å². The molecule has 5 rings (SSSR count). The summed E-state index contributed by atoms with van der Waals surface area (Å²) in [6, 6.07) is 7.31. The number of nitrogens with two attached hydrogens (primary N) is 1. The van der Waals surface area contributed by atoms with Gasteiger partial charge in [0.1, 0.15) is 11.6 Å². The predicted molar refractivity (Wildman–Crippen MR) is 121 cm³/mol. The average molecular weight is 457 g/mol. The fraction of sp³-hybridized carbons (Fsp3) is 0.318. The van der Waals surface area contributed by atoms with Crippen molar-refractivity contribution < 1.29 is 13.2 Å². The summed E-state index contributed by atoms with van der Waals surface area (Å²) in [6.07, 6.45) is 2.30. The Morgan fingerprint density at radius 1 is 1.09 bits per heavy atom. The van der Waals surface area contributed by atoms with Crippen LogP contribution < -0.4 is 16.8 Å². The van der Waals surface area contributed by atoms with Gasteiger partial charge in [-0.05, 0) is 37.6 Å². The first-order chi connectivity index (χ1) is 15.5. The van der Waals surface area contributed by atoms with Crippen molar-refractivity contribution in [3.8, 4) is 11.6 Å². The van der Waals surface area contributed by atoms with E-state index in [1.165, 1.54) is 12.1 Å². The molecule has 0 spiro atoms. The van der Waals surface area contributed by atoms with Crippen molar-refractivity contribution in [1.29, 1.82) is 0 Å². The van der Waals surface area contributed by atoms with Crippen LogP contribution in [-0.2, 0) is 6.42 Å². The molecule has 5 N–H and O–H groups in total. The molecule has 0 bridgehead atoms. The maximum atomic E-state index is 14.1. The molecule has 1 aliphatic rings. The zero-order chi connectivity index (χ0) is 22.2. The minimum absolute atomic E-state index is 0. The van der Waals surface area contributed by atoms with Crippen molar-refractivity contribution >= 4 is 17.3 Å². The number of anilines is 2. The molecule has 1 saturated heterocycles. The molecule has 0 radical (unpaired) electrons. The molecule has 11 heteroatoms. The largest absolute Gasteiger partial charge is 0.461 e. The fourth-order valence-electron chi connectivity index (χ4n) is 4.14. The monoisotopic (exact) mass is 456 g/mol. The van der Waals surface area contributed by atoms with E-state index in [4.69, 9.17) is 10.2 Å². The molecular weight excluding hydrogens is 430 g/mol. The van der Waals surface area contributed by atoms with E-state index in [1.807, 2.05) is 11.8 Å². The van der Waals surface area contributed by atoms with E-state index in [9.17, 15) is 8.78 Å². The Labute approximate surface area is 189 Å². The Bertz CT molecular complexity index is 1250. The molecule has 3 aromatic heterocycles. The van der Waals surface area contributed by atoms with E-state index in [1.54, 1.807) is 22.9 Å². The van der Waals surface area contributed by atoms with Crippen LogP contribution in [0.25, 0.3) is 17.2 Å². The van der Waals surface area contributed by atoms with Gasteiger partial charge in [0.25, 0.3) is 0 Å². The highest BCUT2D eigenvalue weighted by atomic mass is 19.1. The molecule has 0 aliphatic carbocycles. The van der Waals surface area contributed by atoms with Gasteiger partial charge in [-0.1, -0.05) is 0 Å². The van der Waals surface area contributed by atoms with Gasteiger partial charge in [0.15, 0.2) is 11.4 Å². The minimum Gasteiger partial charge on any atom is -0.461 e. The third-order valence-corrected chi connectivity index (χ3v) is 5.86. The molecule has 1 aliphatic heterocycles. The van der Waals surface area contributed by atoms with Crippen molar-refractivity contribution in [3.63, 3.8) is 0 Å². The first-order valence-electron chi connectivity index (χ1n) is 10.5. The number of aryl methyl sites for hydroxylation is 1. The van der Waals surface area contributed by atoms with E-state index >= 15 is 0 Å². The normalized spacial score (nSPS) is 14.6. The van der Waals surface area contributed by atoms with Gasteiger partial charge in [0.2, 0.25) is 11.8 Å². The summed E-state index contributed by atoms with van der Waals surface area (Å²) >= 11 is 0. The topological polar surface area (TPSA) is 124 Å². The lowest BCUT2D eigenvalue weighted by molar-refractivity contribution is 0.260. The second-order valence-electron chi connectivity index (χ2n) is 7.86. The summed E-state index contributed by atoms with van der Waals surface area (Å²) < 4.78 is 34.3. The van der Waals surface area contributed by atoms with Gasteiger partial charge in [-0.2, -0.15) is 4.52 Å². The zero-order valence-corrected chi connectivity index (χ0v) is 18.3. The van der Waals surface area contributed by atoms with Crippen LogP contribution in [0.15, 0.2) is 41.0 Å². The standard InChI is InChI=1S/C22H23F2N7O.H3N/c1-14-16(21-27-20(19-3-2-12-32-19)28-31(21)22(25)26-14)6-7-29-8-10-30(11-9-29)18-5-4-15(23)13-17(18)24;/h2-5,12-13H,6-11H2,1H3,(H2,25,26);1H3. The smallest absolute Gasteiger partial charge is 0.223 e. The Kier molecular flexibility index (Phi) is 6.25. The van der Waals surface area contributed by atoms with E-state index in [-0.39, 0.29) is 12.1 Å². The Balaban J connectivity index is 0.00000259. The van der Waals surface area contributed by atoms with Crippen LogP contribution in [0.5, 0.6) is 0 Å². The molecule has 0 atom stereocenters. The molecular formula is C22H26F2N8O. The lowest BCUT2D eigenvalue weighted by Gasteiger charge is -2.36. The molecule has 1 fully saturated rings. The Morgan fingerprint density at radius 3 is 2.58 bits per heavy atom. The summed E-state index contributed by atoms with van der Waals surface area (Å²) in [5.74, 6) is 0.226. The zero-order valence-electron chi connectivity index (χ0n) is 18.3. The average Bonchev–Trinajstić information content (AvgIpc) is 3.44. The highest BCUT2D eigenvalue weighted by Gasteiger charge is 2.22. The number of furan rings is 1. The third-order valence-electron chi connectivity index (χ3n) is 5.86. The Hall–Kier alpha value is -3.57. The van der Waals surface area contributed by atoms with Gasteiger partial charge < -0.3 is 21.2 Å². The number of halogens is 2. The first kappa shape index (κ1) is 22.6. The first-order valence-corrected chi connectivity index (χ1v) is 10.5. The molecule has 9 nitrogen and oxygen atoms in total. The van der Waals surface area contributed by atoms with E-state index in [0.717, 1.165) is 43.4 Å². The number of hydrogen-bond acceptors (Lipinski definition) is 8. The molecule has 174 valence electrons. The quantitative estimate of drug-likeness (QED) is 0.470. The molecule has 4 heterocycles. The van der Waals surface area contributed by atoms with Crippen LogP contribution in [0.2, 0.25) is 0 Å². The number of nitrogen functional groups attached to an aromatic ring is 1. The number of hydrogen-bond donors (Lipinski definition) is 2. The molecule has 4 aromatic rings. The third kappa shape index (κ3) is 4.37. The molecule has 1 aromatic carbocycles. The van der Waals surface area contributed by atoms with Crippen molar-refractivity contribution in [1.82, 2.24) is 30.6 Å². The lowest BCUT2D eigenvalue weighted by Crippen LogP contribution is -2.47. The number of benzene rings is 1. The highest BCUT2D eigenvalue weighted by molar-refractivity contribution is 5.59. The lowest BCUT2D eigenvalue weighted by atomic mass is 10.1. The molecule has 0 saturated carbocycles. The molecule has 0 amide bonds. The van der Waals surface area contributed by atoms with Crippen LogP contribution in [0.4, 0.5) is 20.4 Å². The van der Waals surface area contributed by atoms with Crippen LogP contribution in [-0.4, -0.2) is 57.2 Å². The second-order valence-corrected chi connectivity index (χ2v) is 7.86. The van der Waals surface area contributed by atoms with Crippen LogP contribution in [0.1, 0.15) is 11.3 Å². The predicted octanol–water partition coefficient (Wildman–Crippen LogP) is 3.08. The van der Waals surface area contributed by atoms with Gasteiger partial charge in [0, 0.05) is 50.0 Å². The molecule has 0 unspecified atom stereocenters. The SMILES string of the molecule is Cc1nc(N)n2nc(-c3ccco3)nc2c1CCN1CCN(c2ccc(F)cc2F)CC1.N. The van der Waals surface area contributed by atoms with Crippen molar-refractivity contribution in [2.75, 3.05) is 43.4 Å². The van der Waals surface area contributed by atoms with E-state index < -0.39 is 11.6 Å². The summed E-state index contributed by atoms with van der Waals surface area (Å²) in [7, 11) is 0. The number of rotatable bonds is 5. The van der Waals surface area contributed by atoms with Gasteiger partial charge in [0.05, 0.1) is 12.0 Å². The number of nitrogens with zero attached hydrogens (tertiary/aromatic N) is 6. The minimum atomic E-state index is -0.563. The van der Waals surface area contributed by atoms with Crippen molar-refractivity contribution in [2.24, 2.45) is 0 Å².